The molecule has 0 amide bonds. The minimum atomic E-state index is -0.558. The van der Waals surface area contributed by atoms with Crippen molar-refractivity contribution >= 4 is 0 Å². The number of hydrogen-bond acceptors (Lipinski definition) is 6. The van der Waals surface area contributed by atoms with Gasteiger partial charge in [-0.15, -0.1) is 0 Å². The molecule has 0 unspecified atom stereocenters. The molecule has 154 valence electrons. The number of aromatic nitrogens is 1. The van der Waals surface area contributed by atoms with Gasteiger partial charge in [-0.1, -0.05) is 35.5 Å². The molecule has 0 saturated heterocycles. The molecule has 6 nitrogen and oxygen atoms in total. The fourth-order valence-corrected chi connectivity index (χ4v) is 3.05. The molecular weight excluding hydrogens is 368 g/mol. The monoisotopic (exact) mass is 396 g/mol. The van der Waals surface area contributed by atoms with Gasteiger partial charge in [-0.25, -0.2) is 0 Å². The molecule has 2 aromatic carbocycles. The van der Waals surface area contributed by atoms with Gasteiger partial charge in [-0.05, 0) is 50.7 Å². The van der Waals surface area contributed by atoms with Crippen molar-refractivity contribution in [1.29, 1.82) is 0 Å². The van der Waals surface area contributed by atoms with Crippen molar-refractivity contribution in [1.82, 2.24) is 10.1 Å². The van der Waals surface area contributed by atoms with Crippen molar-refractivity contribution in [3.63, 3.8) is 0 Å². The average Bonchev–Trinajstić information content (AvgIpc) is 3.04. The number of ether oxygens (including phenoxy) is 2. The molecule has 0 aliphatic carbocycles. The smallest absolute Gasteiger partial charge is 0.140 e. The van der Waals surface area contributed by atoms with Crippen LogP contribution in [0.1, 0.15) is 22.6 Å². The summed E-state index contributed by atoms with van der Waals surface area (Å²) in [7, 11) is 1.98. The first-order chi connectivity index (χ1) is 14.0. The number of aryl methyl sites for hydroxylation is 2. The Kier molecular flexibility index (Phi) is 7.27. The molecule has 29 heavy (non-hydrogen) atoms. The highest BCUT2D eigenvalue weighted by Gasteiger charge is 2.11. The second-order valence-corrected chi connectivity index (χ2v) is 7.21. The van der Waals surface area contributed by atoms with Crippen LogP contribution in [0.15, 0.2) is 59.1 Å². The van der Waals surface area contributed by atoms with Crippen LogP contribution in [0.25, 0.3) is 0 Å². The summed E-state index contributed by atoms with van der Waals surface area (Å²) >= 11 is 0. The number of rotatable bonds is 10. The van der Waals surface area contributed by atoms with E-state index in [2.05, 4.69) is 10.1 Å². The lowest BCUT2D eigenvalue weighted by molar-refractivity contribution is 0.0744. The van der Waals surface area contributed by atoms with E-state index in [0.29, 0.717) is 13.2 Å². The number of aliphatic hydroxyl groups excluding tert-OH is 1. The van der Waals surface area contributed by atoms with Crippen LogP contribution in [0, 0.1) is 13.8 Å². The molecule has 3 rings (SSSR count). The fourth-order valence-electron chi connectivity index (χ4n) is 3.05. The van der Waals surface area contributed by atoms with E-state index in [1.807, 2.05) is 75.5 Å². The Morgan fingerprint density at radius 2 is 1.69 bits per heavy atom. The second kappa shape index (κ2) is 10.1. The first kappa shape index (κ1) is 20.9. The molecule has 0 aliphatic heterocycles. The van der Waals surface area contributed by atoms with Gasteiger partial charge in [0.2, 0.25) is 0 Å². The molecular formula is C23H28N2O4. The van der Waals surface area contributed by atoms with Crippen LogP contribution in [-0.4, -0.2) is 41.5 Å². The molecule has 0 saturated carbocycles. The Labute approximate surface area is 171 Å². The Morgan fingerprint density at radius 3 is 2.34 bits per heavy atom. The molecule has 1 atom stereocenters. The number of benzene rings is 2. The zero-order valence-corrected chi connectivity index (χ0v) is 17.2. The van der Waals surface area contributed by atoms with Gasteiger partial charge in [0.05, 0.1) is 11.3 Å². The molecule has 0 fully saturated rings. The maximum atomic E-state index is 10.2. The number of nitrogens with zero attached hydrogens (tertiary/aromatic N) is 2. The van der Waals surface area contributed by atoms with Crippen LogP contribution in [0.5, 0.6) is 11.5 Å². The van der Waals surface area contributed by atoms with Gasteiger partial charge in [0.15, 0.2) is 0 Å². The zero-order valence-electron chi connectivity index (χ0n) is 17.2. The standard InChI is InChI=1S/C23H28N2O4/c1-17-23(18(2)29-24-17)16-28-22-11-9-19(10-12-22)13-25(3)14-20(26)15-27-21-7-5-4-6-8-21/h4-12,20,26H,13-16H2,1-3H3/t20-/m1/s1. The third kappa shape index (κ3) is 6.34. The van der Waals surface area contributed by atoms with Crippen molar-refractivity contribution in [3.8, 4) is 11.5 Å². The van der Waals surface area contributed by atoms with E-state index in [4.69, 9.17) is 14.0 Å². The highest BCUT2D eigenvalue weighted by atomic mass is 16.5. The zero-order chi connectivity index (χ0) is 20.6. The molecule has 0 spiro atoms. The predicted octanol–water partition coefficient (Wildman–Crippen LogP) is 3.74. The Morgan fingerprint density at radius 1 is 1.00 bits per heavy atom. The summed E-state index contributed by atoms with van der Waals surface area (Å²) in [4.78, 5) is 2.07. The number of likely N-dealkylation sites (N-methyl/N-ethyl adjacent to an activating group) is 1. The Balaban J connectivity index is 1.42. The largest absolute Gasteiger partial charge is 0.491 e. The van der Waals surface area contributed by atoms with Crippen LogP contribution in [0.4, 0.5) is 0 Å². The summed E-state index contributed by atoms with van der Waals surface area (Å²) in [5, 5.41) is 14.1. The van der Waals surface area contributed by atoms with Crippen molar-refractivity contribution in [2.45, 2.75) is 33.1 Å². The summed E-state index contributed by atoms with van der Waals surface area (Å²) in [5.74, 6) is 2.35. The lowest BCUT2D eigenvalue weighted by atomic mass is 10.2. The topological polar surface area (TPSA) is 68.0 Å². The van der Waals surface area contributed by atoms with Gasteiger partial charge in [0.25, 0.3) is 0 Å². The molecule has 6 heteroatoms. The van der Waals surface area contributed by atoms with E-state index in [-0.39, 0.29) is 6.61 Å². The summed E-state index contributed by atoms with van der Waals surface area (Å²) in [6, 6.07) is 17.5. The van der Waals surface area contributed by atoms with Crippen molar-refractivity contribution in [2.75, 3.05) is 20.2 Å². The summed E-state index contributed by atoms with van der Waals surface area (Å²) in [6.07, 6.45) is -0.558. The number of para-hydroxylation sites is 1. The first-order valence-corrected chi connectivity index (χ1v) is 9.69. The Bertz CT molecular complexity index is 858. The third-order valence-corrected chi connectivity index (χ3v) is 4.65. The minimum Gasteiger partial charge on any atom is -0.491 e. The van der Waals surface area contributed by atoms with E-state index in [1.54, 1.807) is 0 Å². The van der Waals surface area contributed by atoms with Gasteiger partial charge in [0, 0.05) is 13.1 Å². The van der Waals surface area contributed by atoms with Gasteiger partial charge < -0.3 is 19.1 Å². The maximum absolute atomic E-state index is 10.2. The van der Waals surface area contributed by atoms with E-state index in [9.17, 15) is 5.11 Å². The van der Waals surface area contributed by atoms with Gasteiger partial charge in [-0.2, -0.15) is 0 Å². The normalized spacial score (nSPS) is 12.2. The van der Waals surface area contributed by atoms with Gasteiger partial charge in [-0.3, -0.25) is 4.90 Å². The van der Waals surface area contributed by atoms with E-state index in [0.717, 1.165) is 40.6 Å². The molecule has 0 radical (unpaired) electrons. The van der Waals surface area contributed by atoms with Crippen LogP contribution < -0.4 is 9.47 Å². The summed E-state index contributed by atoms with van der Waals surface area (Å²) < 4.78 is 16.6. The quantitative estimate of drug-likeness (QED) is 0.563. The van der Waals surface area contributed by atoms with Crippen molar-refractivity contribution < 1.29 is 19.1 Å². The van der Waals surface area contributed by atoms with Gasteiger partial charge in [0.1, 0.15) is 36.6 Å². The summed E-state index contributed by atoms with van der Waals surface area (Å²) in [5.41, 5.74) is 2.99. The van der Waals surface area contributed by atoms with E-state index >= 15 is 0 Å². The number of hydrogen-bond donors (Lipinski definition) is 1. The van der Waals surface area contributed by atoms with Crippen LogP contribution in [0.3, 0.4) is 0 Å². The predicted molar refractivity (Wildman–Crippen MR) is 111 cm³/mol. The molecule has 1 heterocycles. The highest BCUT2D eigenvalue weighted by molar-refractivity contribution is 5.28. The minimum absolute atomic E-state index is 0.267. The molecule has 0 aliphatic rings. The fraction of sp³-hybridized carbons (Fsp3) is 0.348. The van der Waals surface area contributed by atoms with Crippen molar-refractivity contribution in [3.05, 3.63) is 77.2 Å². The van der Waals surface area contributed by atoms with E-state index in [1.165, 1.54) is 0 Å². The highest BCUT2D eigenvalue weighted by Crippen LogP contribution is 2.18. The molecule has 1 N–H and O–H groups in total. The molecule has 1 aromatic heterocycles. The summed E-state index contributed by atoms with van der Waals surface area (Å²) in [6.45, 7) is 5.75. The van der Waals surface area contributed by atoms with E-state index < -0.39 is 6.10 Å². The van der Waals surface area contributed by atoms with Gasteiger partial charge >= 0.3 is 0 Å². The lowest BCUT2D eigenvalue weighted by Crippen LogP contribution is -2.32. The maximum Gasteiger partial charge on any atom is 0.140 e. The molecule has 0 bridgehead atoms. The van der Waals surface area contributed by atoms with Crippen molar-refractivity contribution in [2.24, 2.45) is 0 Å². The third-order valence-electron chi connectivity index (χ3n) is 4.65. The average molecular weight is 396 g/mol. The SMILES string of the molecule is Cc1noc(C)c1COc1ccc(CN(C)C[C@@H](O)COc2ccccc2)cc1. The second-order valence-electron chi connectivity index (χ2n) is 7.21. The Hall–Kier alpha value is -2.83. The first-order valence-electron chi connectivity index (χ1n) is 9.69. The van der Waals surface area contributed by atoms with Crippen LogP contribution in [0.2, 0.25) is 0 Å². The number of aliphatic hydroxyl groups is 1. The molecule has 3 aromatic rings. The van der Waals surface area contributed by atoms with Crippen LogP contribution in [-0.2, 0) is 13.2 Å². The lowest BCUT2D eigenvalue weighted by Gasteiger charge is -2.21. The van der Waals surface area contributed by atoms with Crippen LogP contribution >= 0.6 is 0 Å².